The van der Waals surface area contributed by atoms with Crippen molar-refractivity contribution in [1.29, 1.82) is 0 Å². The van der Waals surface area contributed by atoms with Gasteiger partial charge in [0.25, 0.3) is 0 Å². The van der Waals surface area contributed by atoms with Crippen LogP contribution in [0.5, 0.6) is 0 Å². The van der Waals surface area contributed by atoms with E-state index < -0.39 is 18.3 Å². The fourth-order valence-corrected chi connectivity index (χ4v) is 4.26. The topological polar surface area (TPSA) is 137 Å². The van der Waals surface area contributed by atoms with Crippen molar-refractivity contribution in [3.05, 3.63) is 95.1 Å². The van der Waals surface area contributed by atoms with Crippen molar-refractivity contribution in [3.8, 4) is 11.1 Å². The second-order valence-corrected chi connectivity index (χ2v) is 8.16. The lowest BCUT2D eigenvalue weighted by atomic mass is 9.98. The normalized spacial score (nSPS) is 14.7. The molecule has 34 heavy (non-hydrogen) atoms. The van der Waals surface area contributed by atoms with E-state index >= 15 is 0 Å². The molecule has 1 aliphatic carbocycles. The molecule has 3 aromatic rings. The first-order valence-electron chi connectivity index (χ1n) is 11.0. The van der Waals surface area contributed by atoms with Gasteiger partial charge in [0.15, 0.2) is 5.84 Å². The summed E-state index contributed by atoms with van der Waals surface area (Å²) in [4.78, 5) is 12.3. The number of aliphatic hydroxyl groups is 2. The van der Waals surface area contributed by atoms with E-state index in [1.54, 1.807) is 24.3 Å². The molecule has 8 heteroatoms. The fourth-order valence-electron chi connectivity index (χ4n) is 4.26. The van der Waals surface area contributed by atoms with Crippen molar-refractivity contribution in [3.63, 3.8) is 0 Å². The number of alkyl carbamates (subject to hydrolysis) is 1. The zero-order chi connectivity index (χ0) is 24.1. The zero-order valence-corrected chi connectivity index (χ0v) is 18.5. The Morgan fingerprint density at radius 2 is 1.56 bits per heavy atom. The molecular formula is C26H27N3O5. The van der Waals surface area contributed by atoms with E-state index in [1.807, 2.05) is 24.3 Å². The number of amidine groups is 1. The highest BCUT2D eigenvalue weighted by atomic mass is 16.5. The second kappa shape index (κ2) is 10.4. The van der Waals surface area contributed by atoms with Crippen molar-refractivity contribution >= 4 is 11.9 Å². The number of nitrogens with one attached hydrogen (secondary N) is 1. The highest BCUT2D eigenvalue weighted by Gasteiger charge is 2.29. The van der Waals surface area contributed by atoms with Crippen LogP contribution in [0, 0.1) is 0 Å². The molecule has 6 N–H and O–H groups in total. The van der Waals surface area contributed by atoms with Gasteiger partial charge in [-0.05, 0) is 34.2 Å². The van der Waals surface area contributed by atoms with E-state index in [9.17, 15) is 15.0 Å². The van der Waals surface area contributed by atoms with Crippen LogP contribution < -0.4 is 11.1 Å². The number of hydrogen-bond acceptors (Lipinski definition) is 6. The summed E-state index contributed by atoms with van der Waals surface area (Å²) in [5, 5.41) is 34.9. The van der Waals surface area contributed by atoms with Crippen LogP contribution in [-0.4, -0.2) is 46.6 Å². The monoisotopic (exact) mass is 461 g/mol. The number of hydrogen-bond donors (Lipinski definition) is 5. The molecule has 2 unspecified atom stereocenters. The predicted octanol–water partition coefficient (Wildman–Crippen LogP) is 3.10. The number of oxime groups is 1. The highest BCUT2D eigenvalue weighted by molar-refractivity contribution is 5.97. The average Bonchev–Trinajstić information content (AvgIpc) is 3.20. The van der Waals surface area contributed by atoms with E-state index in [4.69, 9.17) is 15.7 Å². The largest absolute Gasteiger partial charge is 0.449 e. The Labute approximate surface area is 197 Å². The molecule has 0 spiro atoms. The van der Waals surface area contributed by atoms with E-state index in [2.05, 4.69) is 34.7 Å². The minimum Gasteiger partial charge on any atom is -0.449 e. The minimum atomic E-state index is -1.15. The third kappa shape index (κ3) is 4.88. The van der Waals surface area contributed by atoms with Gasteiger partial charge < -0.3 is 31.2 Å². The molecule has 1 amide bonds. The molecular weight excluding hydrogens is 434 g/mol. The summed E-state index contributed by atoms with van der Waals surface area (Å²) in [6, 6.07) is 22.5. The lowest BCUT2D eigenvalue weighted by Crippen LogP contribution is -2.30. The summed E-state index contributed by atoms with van der Waals surface area (Å²) in [6.07, 6.45) is -2.69. The average molecular weight is 462 g/mol. The molecule has 0 heterocycles. The van der Waals surface area contributed by atoms with Crippen molar-refractivity contribution < 1.29 is 25.0 Å². The minimum absolute atomic E-state index is 0.0292. The summed E-state index contributed by atoms with van der Waals surface area (Å²) >= 11 is 0. The quantitative estimate of drug-likeness (QED) is 0.151. The van der Waals surface area contributed by atoms with Crippen LogP contribution in [0.4, 0.5) is 4.79 Å². The number of fused-ring (bicyclic) bond motifs is 3. The number of nitrogens with zero attached hydrogens (tertiary/aromatic N) is 1. The van der Waals surface area contributed by atoms with Gasteiger partial charge in [-0.2, -0.15) is 0 Å². The van der Waals surface area contributed by atoms with Gasteiger partial charge in [0.1, 0.15) is 12.7 Å². The molecule has 0 aliphatic heterocycles. The Kier molecular flexibility index (Phi) is 7.10. The number of rotatable bonds is 8. The molecule has 0 fully saturated rings. The first kappa shape index (κ1) is 23.3. The lowest BCUT2D eigenvalue weighted by Gasteiger charge is -2.19. The molecule has 0 aromatic heterocycles. The maximum atomic E-state index is 12.3. The Morgan fingerprint density at radius 1 is 0.971 bits per heavy atom. The van der Waals surface area contributed by atoms with Crippen LogP contribution >= 0.6 is 0 Å². The van der Waals surface area contributed by atoms with Gasteiger partial charge in [-0.3, -0.25) is 0 Å². The van der Waals surface area contributed by atoms with E-state index in [0.29, 0.717) is 11.1 Å². The Morgan fingerprint density at radius 3 is 2.15 bits per heavy atom. The van der Waals surface area contributed by atoms with Crippen molar-refractivity contribution in [2.75, 3.05) is 13.2 Å². The smallest absolute Gasteiger partial charge is 0.407 e. The maximum Gasteiger partial charge on any atom is 0.407 e. The van der Waals surface area contributed by atoms with Crippen LogP contribution in [0.15, 0.2) is 78.0 Å². The number of amides is 1. The Balaban J connectivity index is 1.26. The SMILES string of the molecule is NC(=NO)c1ccc(C(O)C(O)CCNC(=O)OCC2c3ccccc3-c3ccccc32)cc1. The van der Waals surface area contributed by atoms with Gasteiger partial charge in [0, 0.05) is 18.0 Å². The standard InChI is InChI=1S/C26H27N3O5/c27-25(29-33)17-11-9-16(10-12-17)24(31)23(30)13-14-28-26(32)34-15-22-20-7-3-1-5-18(20)19-6-2-4-8-21(19)22/h1-12,22-24,30-31,33H,13-15H2,(H2,27,29)(H,28,32). The van der Waals surface area contributed by atoms with Gasteiger partial charge in [-0.1, -0.05) is 78.0 Å². The van der Waals surface area contributed by atoms with Crippen molar-refractivity contribution in [2.24, 2.45) is 10.9 Å². The predicted molar refractivity (Wildman–Crippen MR) is 128 cm³/mol. The van der Waals surface area contributed by atoms with E-state index in [1.165, 1.54) is 0 Å². The molecule has 4 rings (SSSR count). The molecule has 0 saturated heterocycles. The highest BCUT2D eigenvalue weighted by Crippen LogP contribution is 2.44. The number of ether oxygens (including phenoxy) is 1. The molecule has 3 aromatic carbocycles. The van der Waals surface area contributed by atoms with Crippen molar-refractivity contribution in [1.82, 2.24) is 5.32 Å². The van der Waals surface area contributed by atoms with E-state index in [0.717, 1.165) is 22.3 Å². The number of carbonyl (C=O) groups is 1. The number of nitrogens with two attached hydrogens (primary N) is 1. The van der Waals surface area contributed by atoms with Crippen LogP contribution in [0.3, 0.4) is 0 Å². The first-order chi connectivity index (χ1) is 16.5. The second-order valence-electron chi connectivity index (χ2n) is 8.16. The lowest BCUT2D eigenvalue weighted by molar-refractivity contribution is 0.0136. The van der Waals surface area contributed by atoms with Gasteiger partial charge in [0.2, 0.25) is 0 Å². The summed E-state index contributed by atoms with van der Waals surface area (Å²) in [5.74, 6) is -0.0765. The number of carbonyl (C=O) groups excluding carboxylic acids is 1. The maximum absolute atomic E-state index is 12.3. The third-order valence-corrected chi connectivity index (χ3v) is 6.07. The molecule has 2 atom stereocenters. The van der Waals surface area contributed by atoms with Crippen LogP contribution in [0.1, 0.15) is 40.7 Å². The van der Waals surface area contributed by atoms with Crippen LogP contribution in [-0.2, 0) is 4.74 Å². The zero-order valence-electron chi connectivity index (χ0n) is 18.5. The molecule has 0 bridgehead atoms. The summed E-state index contributed by atoms with van der Waals surface area (Å²) in [5.41, 5.74) is 11.1. The Bertz CT molecular complexity index is 1130. The van der Waals surface area contributed by atoms with Crippen molar-refractivity contribution in [2.45, 2.75) is 24.5 Å². The number of benzene rings is 3. The summed E-state index contributed by atoms with van der Waals surface area (Å²) in [6.45, 7) is 0.342. The molecule has 176 valence electrons. The van der Waals surface area contributed by atoms with Crippen LogP contribution in [0.25, 0.3) is 11.1 Å². The molecule has 0 radical (unpaired) electrons. The Hall–Kier alpha value is -3.88. The molecule has 8 nitrogen and oxygen atoms in total. The van der Waals surface area contributed by atoms with Crippen LogP contribution in [0.2, 0.25) is 0 Å². The van der Waals surface area contributed by atoms with Gasteiger partial charge >= 0.3 is 6.09 Å². The van der Waals surface area contributed by atoms with Gasteiger partial charge in [-0.15, -0.1) is 0 Å². The summed E-state index contributed by atoms with van der Waals surface area (Å²) < 4.78 is 5.48. The third-order valence-electron chi connectivity index (χ3n) is 6.07. The first-order valence-corrected chi connectivity index (χ1v) is 11.0. The van der Waals surface area contributed by atoms with Gasteiger partial charge in [-0.25, -0.2) is 4.79 Å². The molecule has 1 aliphatic rings. The molecule has 0 saturated carbocycles. The number of aliphatic hydroxyl groups excluding tert-OH is 2. The fraction of sp³-hybridized carbons (Fsp3) is 0.231. The van der Waals surface area contributed by atoms with Gasteiger partial charge in [0.05, 0.1) is 6.10 Å². The summed E-state index contributed by atoms with van der Waals surface area (Å²) in [7, 11) is 0. The van der Waals surface area contributed by atoms with E-state index in [-0.39, 0.29) is 31.3 Å².